The molecule has 6 nitrogen and oxygen atoms in total. The number of fused-ring (bicyclic) bond motifs is 1. The summed E-state index contributed by atoms with van der Waals surface area (Å²) in [5.74, 6) is 0.769. The van der Waals surface area contributed by atoms with Gasteiger partial charge >= 0.3 is 6.09 Å². The van der Waals surface area contributed by atoms with Crippen LogP contribution in [0.1, 0.15) is 18.5 Å². The molecular formula is C15H20N4O2. The molecule has 1 aromatic heterocycles. The lowest BCUT2D eigenvalue weighted by molar-refractivity contribution is 0.161. The quantitative estimate of drug-likeness (QED) is 0.708. The van der Waals surface area contributed by atoms with Crippen molar-refractivity contribution in [1.29, 1.82) is 0 Å². The van der Waals surface area contributed by atoms with Crippen LogP contribution in [0.25, 0.3) is 10.8 Å². The molecule has 0 fully saturated rings. The highest BCUT2D eigenvalue weighted by atomic mass is 16.5. The molecule has 112 valence electrons. The van der Waals surface area contributed by atoms with Crippen molar-refractivity contribution in [2.45, 2.75) is 13.0 Å². The molecule has 1 atom stereocenters. The molecule has 0 aliphatic carbocycles. The lowest BCUT2D eigenvalue weighted by Gasteiger charge is -2.16. The van der Waals surface area contributed by atoms with Crippen LogP contribution in [0.3, 0.4) is 0 Å². The molecule has 1 heterocycles. The molecule has 0 aliphatic heterocycles. The third kappa shape index (κ3) is 3.61. The molecule has 0 bridgehead atoms. The molecule has 21 heavy (non-hydrogen) atoms. The molecule has 0 spiro atoms. The molecule has 0 radical (unpaired) electrons. The molecule has 0 saturated heterocycles. The number of carbonyl (C=O) groups is 1. The molecule has 0 aliphatic rings. The SMILES string of the molecule is CNC(C)c1cnc(NCCOC(N)=O)c2ccccc12. The van der Waals surface area contributed by atoms with Crippen LogP contribution in [0.15, 0.2) is 30.5 Å². The van der Waals surface area contributed by atoms with Crippen LogP contribution in [-0.4, -0.2) is 31.3 Å². The molecule has 1 aromatic carbocycles. The van der Waals surface area contributed by atoms with E-state index in [-0.39, 0.29) is 12.6 Å². The predicted octanol–water partition coefficient (Wildman–Crippen LogP) is 2.02. The van der Waals surface area contributed by atoms with Crippen LogP contribution in [0.2, 0.25) is 0 Å². The minimum absolute atomic E-state index is 0.208. The topological polar surface area (TPSA) is 89.3 Å². The first kappa shape index (κ1) is 15.1. The van der Waals surface area contributed by atoms with Gasteiger partial charge in [0, 0.05) is 17.6 Å². The van der Waals surface area contributed by atoms with Gasteiger partial charge in [0.15, 0.2) is 0 Å². The first-order chi connectivity index (χ1) is 10.1. The average molecular weight is 288 g/mol. The number of anilines is 1. The zero-order chi connectivity index (χ0) is 15.2. The first-order valence-electron chi connectivity index (χ1n) is 6.84. The number of benzene rings is 1. The van der Waals surface area contributed by atoms with Crippen molar-refractivity contribution in [1.82, 2.24) is 10.3 Å². The number of primary amides is 1. The molecule has 2 rings (SSSR count). The van der Waals surface area contributed by atoms with Gasteiger partial charge in [-0.25, -0.2) is 9.78 Å². The number of nitrogens with one attached hydrogen (secondary N) is 2. The van der Waals surface area contributed by atoms with Gasteiger partial charge in [0.1, 0.15) is 12.4 Å². The van der Waals surface area contributed by atoms with E-state index in [9.17, 15) is 4.79 Å². The van der Waals surface area contributed by atoms with Gasteiger partial charge in [-0.15, -0.1) is 0 Å². The smallest absolute Gasteiger partial charge is 0.404 e. The number of pyridine rings is 1. The Labute approximate surface area is 123 Å². The minimum Gasteiger partial charge on any atom is -0.448 e. The Hall–Kier alpha value is -2.34. The molecule has 1 unspecified atom stereocenters. The summed E-state index contributed by atoms with van der Waals surface area (Å²) >= 11 is 0. The van der Waals surface area contributed by atoms with Gasteiger partial charge in [0.05, 0.1) is 6.54 Å². The fourth-order valence-corrected chi connectivity index (χ4v) is 2.18. The average Bonchev–Trinajstić information content (AvgIpc) is 2.50. The standard InChI is InChI=1S/C15H20N4O2/c1-10(17-2)13-9-19-14(18-7-8-21-15(16)20)12-6-4-3-5-11(12)13/h3-6,9-10,17H,7-8H2,1-2H3,(H2,16,20)(H,18,19). The fourth-order valence-electron chi connectivity index (χ4n) is 2.18. The number of ether oxygens (including phenoxy) is 1. The van der Waals surface area contributed by atoms with Gasteiger partial charge in [-0.1, -0.05) is 24.3 Å². The number of rotatable bonds is 6. The highest BCUT2D eigenvalue weighted by Gasteiger charge is 2.11. The van der Waals surface area contributed by atoms with Crippen LogP contribution in [0, 0.1) is 0 Å². The van der Waals surface area contributed by atoms with Gasteiger partial charge in [-0.05, 0) is 24.9 Å². The van der Waals surface area contributed by atoms with Gasteiger partial charge in [-0.3, -0.25) is 0 Å². The summed E-state index contributed by atoms with van der Waals surface area (Å²) in [7, 11) is 1.92. The van der Waals surface area contributed by atoms with Crippen molar-refractivity contribution in [3.63, 3.8) is 0 Å². The third-order valence-electron chi connectivity index (χ3n) is 3.36. The molecule has 6 heteroatoms. The molecular weight excluding hydrogens is 268 g/mol. The van der Waals surface area contributed by atoms with E-state index in [0.717, 1.165) is 22.2 Å². The predicted molar refractivity (Wildman–Crippen MR) is 83.2 cm³/mol. The van der Waals surface area contributed by atoms with Crippen molar-refractivity contribution >= 4 is 22.7 Å². The molecule has 0 saturated carbocycles. The van der Waals surface area contributed by atoms with Gasteiger partial charge in [0.25, 0.3) is 0 Å². The minimum atomic E-state index is -0.771. The summed E-state index contributed by atoms with van der Waals surface area (Å²) < 4.78 is 4.69. The number of hydrogen-bond acceptors (Lipinski definition) is 5. The Bertz CT molecular complexity index is 630. The highest BCUT2D eigenvalue weighted by molar-refractivity contribution is 5.94. The summed E-state index contributed by atoms with van der Waals surface area (Å²) in [6.07, 6.45) is 1.09. The summed E-state index contributed by atoms with van der Waals surface area (Å²) in [6.45, 7) is 2.76. The van der Waals surface area contributed by atoms with Crippen LogP contribution in [0.4, 0.5) is 10.6 Å². The van der Waals surface area contributed by atoms with E-state index in [4.69, 9.17) is 10.5 Å². The number of hydrogen-bond donors (Lipinski definition) is 3. The lowest BCUT2D eigenvalue weighted by atomic mass is 10.0. The number of amides is 1. The summed E-state index contributed by atoms with van der Waals surface area (Å²) in [5, 5.41) is 8.57. The number of nitrogens with two attached hydrogens (primary N) is 1. The van der Waals surface area contributed by atoms with Crippen molar-refractivity contribution in [3.05, 3.63) is 36.0 Å². The van der Waals surface area contributed by atoms with Crippen molar-refractivity contribution in [2.24, 2.45) is 5.73 Å². The fraction of sp³-hybridized carbons (Fsp3) is 0.333. The molecule has 4 N–H and O–H groups in total. The normalized spacial score (nSPS) is 12.1. The maximum Gasteiger partial charge on any atom is 0.404 e. The van der Waals surface area contributed by atoms with E-state index < -0.39 is 6.09 Å². The first-order valence-corrected chi connectivity index (χ1v) is 6.84. The van der Waals surface area contributed by atoms with Crippen molar-refractivity contribution in [2.75, 3.05) is 25.5 Å². The third-order valence-corrected chi connectivity index (χ3v) is 3.36. The maximum absolute atomic E-state index is 10.5. The van der Waals surface area contributed by atoms with E-state index in [1.807, 2.05) is 31.4 Å². The second kappa shape index (κ2) is 6.90. The Morgan fingerprint density at radius 2 is 2.10 bits per heavy atom. The Morgan fingerprint density at radius 3 is 2.76 bits per heavy atom. The van der Waals surface area contributed by atoms with Crippen LogP contribution in [0.5, 0.6) is 0 Å². The van der Waals surface area contributed by atoms with E-state index in [1.165, 1.54) is 0 Å². The number of aromatic nitrogens is 1. The lowest BCUT2D eigenvalue weighted by Crippen LogP contribution is -2.19. The zero-order valence-corrected chi connectivity index (χ0v) is 12.2. The van der Waals surface area contributed by atoms with Gasteiger partial charge in [-0.2, -0.15) is 0 Å². The zero-order valence-electron chi connectivity index (χ0n) is 12.2. The van der Waals surface area contributed by atoms with Crippen LogP contribution in [-0.2, 0) is 4.74 Å². The van der Waals surface area contributed by atoms with E-state index >= 15 is 0 Å². The van der Waals surface area contributed by atoms with E-state index in [0.29, 0.717) is 6.54 Å². The Kier molecular flexibility index (Phi) is 4.94. The Balaban J connectivity index is 2.23. The second-order valence-electron chi connectivity index (χ2n) is 4.71. The highest BCUT2D eigenvalue weighted by Crippen LogP contribution is 2.27. The van der Waals surface area contributed by atoms with Crippen LogP contribution >= 0.6 is 0 Å². The molecule has 1 amide bonds. The van der Waals surface area contributed by atoms with E-state index in [1.54, 1.807) is 0 Å². The largest absolute Gasteiger partial charge is 0.448 e. The number of carbonyl (C=O) groups excluding carboxylic acids is 1. The second-order valence-corrected chi connectivity index (χ2v) is 4.71. The number of nitrogens with zero attached hydrogens (tertiary/aromatic N) is 1. The summed E-state index contributed by atoms with van der Waals surface area (Å²) in [4.78, 5) is 15.0. The van der Waals surface area contributed by atoms with Gasteiger partial charge in [0.2, 0.25) is 0 Å². The maximum atomic E-state index is 10.5. The Morgan fingerprint density at radius 1 is 1.38 bits per heavy atom. The summed E-state index contributed by atoms with van der Waals surface area (Å²) in [6, 6.07) is 8.29. The van der Waals surface area contributed by atoms with Crippen molar-refractivity contribution < 1.29 is 9.53 Å². The van der Waals surface area contributed by atoms with Gasteiger partial charge < -0.3 is 21.1 Å². The van der Waals surface area contributed by atoms with Crippen LogP contribution < -0.4 is 16.4 Å². The summed E-state index contributed by atoms with van der Waals surface area (Å²) in [5.41, 5.74) is 6.06. The van der Waals surface area contributed by atoms with Crippen molar-refractivity contribution in [3.8, 4) is 0 Å². The van der Waals surface area contributed by atoms with E-state index in [2.05, 4.69) is 28.6 Å². The monoisotopic (exact) mass is 288 g/mol. The molecule has 2 aromatic rings.